The molecule has 5 nitrogen and oxygen atoms in total. The largest absolute Gasteiger partial charge is 0.357 e. The number of likely N-dealkylation sites (tertiary alicyclic amines) is 1. The van der Waals surface area contributed by atoms with Crippen LogP contribution in [0.4, 0.5) is 0 Å². The van der Waals surface area contributed by atoms with Crippen molar-refractivity contribution >= 4 is 35.8 Å². The molecule has 1 saturated heterocycles. The van der Waals surface area contributed by atoms with Crippen molar-refractivity contribution in [3.63, 3.8) is 0 Å². The molecular weight excluding hydrogens is 415 g/mol. The van der Waals surface area contributed by atoms with E-state index in [1.54, 1.807) is 0 Å². The zero-order valence-corrected chi connectivity index (χ0v) is 17.0. The second-order valence-corrected chi connectivity index (χ2v) is 5.92. The number of rotatable bonds is 5. The number of hydrogen-bond donors (Lipinski definition) is 2. The topological polar surface area (TPSA) is 56.7 Å². The van der Waals surface area contributed by atoms with Gasteiger partial charge >= 0.3 is 0 Å². The molecule has 0 aromatic heterocycles. The zero-order valence-electron chi connectivity index (χ0n) is 14.7. The molecule has 1 aliphatic rings. The summed E-state index contributed by atoms with van der Waals surface area (Å²) < 4.78 is 0. The van der Waals surface area contributed by atoms with E-state index in [0.717, 1.165) is 32.5 Å². The normalized spacial score (nSPS) is 14.8. The number of guanidine groups is 1. The van der Waals surface area contributed by atoms with E-state index in [0.29, 0.717) is 19.0 Å². The Balaban J connectivity index is 0.00000288. The van der Waals surface area contributed by atoms with Crippen LogP contribution in [0.25, 0.3) is 0 Å². The van der Waals surface area contributed by atoms with Gasteiger partial charge in [-0.1, -0.05) is 24.3 Å². The van der Waals surface area contributed by atoms with Crippen molar-refractivity contribution in [1.82, 2.24) is 15.5 Å². The van der Waals surface area contributed by atoms with Crippen molar-refractivity contribution in [2.75, 3.05) is 26.2 Å². The lowest BCUT2D eigenvalue weighted by molar-refractivity contribution is -0.130. The fraction of sp³-hybridized carbons (Fsp3) is 0.556. The molecular formula is C18H29IN4O. The maximum absolute atomic E-state index is 12.2. The minimum absolute atomic E-state index is 0. The maximum atomic E-state index is 12.2. The first kappa shape index (κ1) is 20.7. The van der Waals surface area contributed by atoms with Gasteiger partial charge in [-0.05, 0) is 44.2 Å². The third-order valence-electron chi connectivity index (χ3n) is 4.13. The number of aliphatic imine (C=N–C) groups is 1. The van der Waals surface area contributed by atoms with E-state index in [-0.39, 0.29) is 29.9 Å². The van der Waals surface area contributed by atoms with E-state index in [1.807, 2.05) is 24.0 Å². The Morgan fingerprint density at radius 1 is 1.17 bits per heavy atom. The highest BCUT2D eigenvalue weighted by Crippen LogP contribution is 2.09. The van der Waals surface area contributed by atoms with Gasteiger partial charge in [-0.2, -0.15) is 0 Å². The third-order valence-corrected chi connectivity index (χ3v) is 4.13. The predicted molar refractivity (Wildman–Crippen MR) is 110 cm³/mol. The predicted octanol–water partition coefficient (Wildman–Crippen LogP) is 2.68. The Bertz CT molecular complexity index is 542. The van der Waals surface area contributed by atoms with Crippen LogP contribution >= 0.6 is 24.0 Å². The zero-order chi connectivity index (χ0) is 16.5. The summed E-state index contributed by atoms with van der Waals surface area (Å²) in [5, 5.41) is 6.35. The van der Waals surface area contributed by atoms with Gasteiger partial charge < -0.3 is 15.5 Å². The summed E-state index contributed by atoms with van der Waals surface area (Å²) >= 11 is 0. The van der Waals surface area contributed by atoms with E-state index < -0.39 is 0 Å². The Hall–Kier alpha value is -1.31. The molecule has 1 heterocycles. The van der Waals surface area contributed by atoms with Crippen LogP contribution in [0.5, 0.6) is 0 Å². The molecule has 1 fully saturated rings. The van der Waals surface area contributed by atoms with Crippen molar-refractivity contribution < 1.29 is 4.79 Å². The Morgan fingerprint density at radius 3 is 2.54 bits per heavy atom. The molecule has 0 bridgehead atoms. The molecule has 134 valence electrons. The molecule has 0 unspecified atom stereocenters. The average molecular weight is 444 g/mol. The standard InChI is InChI=1S/C18H28N4O.HI/c1-3-19-18(20-13-16-10-6-5-9-15(16)2)21-14-17(23)22-11-7-4-8-12-22;/h5-6,9-10H,3-4,7-8,11-14H2,1-2H3,(H2,19,20,21);1H. The highest BCUT2D eigenvalue weighted by molar-refractivity contribution is 14.0. The number of piperidine rings is 1. The number of amides is 1. The molecule has 1 aliphatic heterocycles. The van der Waals surface area contributed by atoms with Gasteiger partial charge in [-0.3, -0.25) is 4.79 Å². The number of halogens is 1. The SMILES string of the molecule is CCNC(=NCc1ccccc1C)NCC(=O)N1CCCCC1.I. The molecule has 0 saturated carbocycles. The fourth-order valence-electron chi connectivity index (χ4n) is 2.71. The Morgan fingerprint density at radius 2 is 1.88 bits per heavy atom. The molecule has 6 heteroatoms. The van der Waals surface area contributed by atoms with Crippen molar-refractivity contribution in [2.45, 2.75) is 39.7 Å². The summed E-state index contributed by atoms with van der Waals surface area (Å²) in [5.74, 6) is 0.854. The maximum Gasteiger partial charge on any atom is 0.241 e. The second-order valence-electron chi connectivity index (χ2n) is 5.92. The van der Waals surface area contributed by atoms with Gasteiger partial charge in [0.05, 0.1) is 13.1 Å². The summed E-state index contributed by atoms with van der Waals surface area (Å²) in [6, 6.07) is 8.23. The Kier molecular flexibility index (Phi) is 9.75. The minimum Gasteiger partial charge on any atom is -0.357 e. The van der Waals surface area contributed by atoms with E-state index in [9.17, 15) is 4.79 Å². The number of nitrogens with zero attached hydrogens (tertiary/aromatic N) is 2. The van der Waals surface area contributed by atoms with E-state index in [4.69, 9.17) is 0 Å². The Labute approximate surface area is 162 Å². The van der Waals surface area contributed by atoms with Crippen molar-refractivity contribution in [1.29, 1.82) is 0 Å². The molecule has 1 amide bonds. The van der Waals surface area contributed by atoms with Gasteiger partial charge in [0, 0.05) is 19.6 Å². The van der Waals surface area contributed by atoms with Crippen molar-refractivity contribution in [3.8, 4) is 0 Å². The minimum atomic E-state index is 0. The fourth-order valence-corrected chi connectivity index (χ4v) is 2.71. The molecule has 0 aliphatic carbocycles. The monoisotopic (exact) mass is 444 g/mol. The molecule has 2 N–H and O–H groups in total. The van der Waals surface area contributed by atoms with Crippen LogP contribution in [0, 0.1) is 6.92 Å². The highest BCUT2D eigenvalue weighted by atomic mass is 127. The quantitative estimate of drug-likeness (QED) is 0.417. The first-order valence-corrected chi connectivity index (χ1v) is 8.55. The molecule has 1 aromatic rings. The van der Waals surface area contributed by atoms with Crippen LogP contribution in [0.2, 0.25) is 0 Å². The number of benzene rings is 1. The smallest absolute Gasteiger partial charge is 0.241 e. The lowest BCUT2D eigenvalue weighted by Crippen LogP contribution is -2.46. The number of hydrogen-bond acceptors (Lipinski definition) is 2. The van der Waals surface area contributed by atoms with Crippen LogP contribution in [0.1, 0.15) is 37.3 Å². The van der Waals surface area contributed by atoms with Crippen LogP contribution < -0.4 is 10.6 Å². The van der Waals surface area contributed by atoms with Gasteiger partial charge in [0.1, 0.15) is 0 Å². The molecule has 24 heavy (non-hydrogen) atoms. The van der Waals surface area contributed by atoms with E-state index >= 15 is 0 Å². The molecule has 0 spiro atoms. The summed E-state index contributed by atoms with van der Waals surface area (Å²) in [6.45, 7) is 7.58. The third kappa shape index (κ3) is 6.67. The average Bonchev–Trinajstić information content (AvgIpc) is 2.59. The van der Waals surface area contributed by atoms with Crippen molar-refractivity contribution in [2.24, 2.45) is 4.99 Å². The van der Waals surface area contributed by atoms with E-state index in [1.165, 1.54) is 17.5 Å². The van der Waals surface area contributed by atoms with Gasteiger partial charge in [0.25, 0.3) is 0 Å². The summed E-state index contributed by atoms with van der Waals surface area (Å²) in [5.41, 5.74) is 2.43. The molecule has 2 rings (SSSR count). The van der Waals surface area contributed by atoms with Crippen molar-refractivity contribution in [3.05, 3.63) is 35.4 Å². The number of carbonyl (C=O) groups is 1. The van der Waals surface area contributed by atoms with Crippen LogP contribution in [0.15, 0.2) is 29.3 Å². The van der Waals surface area contributed by atoms with E-state index in [2.05, 4.69) is 34.7 Å². The second kappa shape index (κ2) is 11.3. The van der Waals surface area contributed by atoms with Gasteiger partial charge in [-0.15, -0.1) is 24.0 Å². The van der Waals surface area contributed by atoms with Crippen LogP contribution in [0.3, 0.4) is 0 Å². The summed E-state index contributed by atoms with van der Waals surface area (Å²) in [6.07, 6.45) is 3.47. The van der Waals surface area contributed by atoms with Crippen LogP contribution in [-0.2, 0) is 11.3 Å². The first-order chi connectivity index (χ1) is 11.2. The molecule has 0 radical (unpaired) electrons. The summed E-state index contributed by atoms with van der Waals surface area (Å²) in [7, 11) is 0. The van der Waals surface area contributed by atoms with Gasteiger partial charge in [0.2, 0.25) is 5.91 Å². The highest BCUT2D eigenvalue weighted by Gasteiger charge is 2.16. The summed E-state index contributed by atoms with van der Waals surface area (Å²) in [4.78, 5) is 18.7. The van der Waals surface area contributed by atoms with Gasteiger partial charge in [-0.25, -0.2) is 4.99 Å². The lowest BCUT2D eigenvalue weighted by atomic mass is 10.1. The number of nitrogens with one attached hydrogen (secondary N) is 2. The molecule has 0 atom stereocenters. The lowest BCUT2D eigenvalue weighted by Gasteiger charge is -2.27. The number of carbonyl (C=O) groups excluding carboxylic acids is 1. The first-order valence-electron chi connectivity index (χ1n) is 8.55. The number of aryl methyl sites for hydroxylation is 1. The van der Waals surface area contributed by atoms with Gasteiger partial charge in [0.15, 0.2) is 5.96 Å². The molecule has 1 aromatic carbocycles. The van der Waals surface area contributed by atoms with Crippen LogP contribution in [-0.4, -0.2) is 42.9 Å².